The predicted molar refractivity (Wildman–Crippen MR) is 110 cm³/mol. The van der Waals surface area contributed by atoms with Crippen molar-refractivity contribution >= 4 is 17.3 Å². The Labute approximate surface area is 165 Å². The topological polar surface area (TPSA) is 6.48 Å². The molecule has 0 bridgehead atoms. The summed E-state index contributed by atoms with van der Waals surface area (Å²) in [7, 11) is 0. The van der Waals surface area contributed by atoms with Crippen LogP contribution in [-0.2, 0) is 0 Å². The molecule has 0 unspecified atom stereocenters. The molecule has 0 N–H and O–H groups in total. The number of anilines is 1. The maximum absolute atomic E-state index is 14.7. The molecule has 1 saturated heterocycles. The molecule has 2 nitrogen and oxygen atoms in total. The van der Waals surface area contributed by atoms with Gasteiger partial charge in [0, 0.05) is 43.0 Å². The highest BCUT2D eigenvalue weighted by molar-refractivity contribution is 6.34. The molecule has 0 aromatic heterocycles. The van der Waals surface area contributed by atoms with Gasteiger partial charge in [0.1, 0.15) is 12.0 Å². The van der Waals surface area contributed by atoms with Gasteiger partial charge in [-0.25, -0.2) is 8.78 Å². The van der Waals surface area contributed by atoms with E-state index in [2.05, 4.69) is 16.7 Å². The molecule has 1 atom stereocenters. The Morgan fingerprint density at radius 3 is 2.33 bits per heavy atom. The van der Waals surface area contributed by atoms with E-state index in [1.165, 1.54) is 12.1 Å². The van der Waals surface area contributed by atoms with Gasteiger partial charge in [-0.3, -0.25) is 0 Å². The van der Waals surface area contributed by atoms with E-state index in [9.17, 15) is 8.78 Å². The van der Waals surface area contributed by atoms with Crippen molar-refractivity contribution in [3.05, 3.63) is 52.3 Å². The van der Waals surface area contributed by atoms with Gasteiger partial charge in [-0.2, -0.15) is 0 Å². The molecule has 5 heteroatoms. The van der Waals surface area contributed by atoms with Crippen molar-refractivity contribution in [3.63, 3.8) is 0 Å². The molecule has 1 fully saturated rings. The van der Waals surface area contributed by atoms with Crippen molar-refractivity contribution in [2.45, 2.75) is 33.4 Å². The molecular formula is C22H27ClF2N2. The Morgan fingerprint density at radius 1 is 1.04 bits per heavy atom. The first-order valence-corrected chi connectivity index (χ1v) is 10.0. The van der Waals surface area contributed by atoms with Gasteiger partial charge in [0.05, 0.1) is 5.02 Å². The van der Waals surface area contributed by atoms with Crippen LogP contribution in [0.1, 0.15) is 37.6 Å². The summed E-state index contributed by atoms with van der Waals surface area (Å²) in [4.78, 5) is 4.69. The lowest BCUT2D eigenvalue weighted by molar-refractivity contribution is 0.271. The highest BCUT2D eigenvalue weighted by Crippen LogP contribution is 2.41. The predicted octanol–water partition coefficient (Wildman–Crippen LogP) is 6.02. The first kappa shape index (κ1) is 20.1. The number of likely N-dealkylation sites (N-methyl/N-ethyl adjacent to an activating group) is 1. The lowest BCUT2D eigenvalue weighted by Gasteiger charge is -2.36. The zero-order valence-corrected chi connectivity index (χ0v) is 17.0. The van der Waals surface area contributed by atoms with Crippen molar-refractivity contribution in [2.75, 3.05) is 37.6 Å². The van der Waals surface area contributed by atoms with E-state index >= 15 is 0 Å². The molecule has 2 aromatic rings. The molecule has 1 heterocycles. The van der Waals surface area contributed by atoms with E-state index in [1.807, 2.05) is 26.0 Å². The summed E-state index contributed by atoms with van der Waals surface area (Å²) in [5.41, 5.74) is 3.92. The zero-order chi connectivity index (χ0) is 19.6. The van der Waals surface area contributed by atoms with Crippen LogP contribution in [0.5, 0.6) is 0 Å². The second-order valence-electron chi connectivity index (χ2n) is 7.15. The maximum atomic E-state index is 14.7. The van der Waals surface area contributed by atoms with Crippen molar-refractivity contribution in [3.8, 4) is 11.1 Å². The van der Waals surface area contributed by atoms with Crippen LogP contribution < -0.4 is 4.90 Å². The van der Waals surface area contributed by atoms with Crippen LogP contribution in [-0.4, -0.2) is 37.6 Å². The van der Waals surface area contributed by atoms with E-state index in [0.29, 0.717) is 17.0 Å². The van der Waals surface area contributed by atoms with E-state index in [0.717, 1.165) is 55.1 Å². The van der Waals surface area contributed by atoms with Crippen molar-refractivity contribution in [1.82, 2.24) is 4.90 Å². The average Bonchev–Trinajstić information content (AvgIpc) is 2.68. The molecule has 0 aliphatic carbocycles. The van der Waals surface area contributed by atoms with Gasteiger partial charge in [-0.1, -0.05) is 31.5 Å². The molecule has 27 heavy (non-hydrogen) atoms. The Bertz CT molecular complexity index is 801. The number of aryl methyl sites for hydroxylation is 1. The molecule has 3 rings (SSSR count). The highest BCUT2D eigenvalue weighted by Gasteiger charge is 2.22. The number of halogens is 3. The zero-order valence-electron chi connectivity index (χ0n) is 16.2. The molecule has 0 spiro atoms. The Balaban J connectivity index is 2.07. The van der Waals surface area contributed by atoms with Gasteiger partial charge >= 0.3 is 0 Å². The first-order chi connectivity index (χ1) is 12.9. The van der Waals surface area contributed by atoms with E-state index in [1.54, 1.807) is 6.07 Å². The van der Waals surface area contributed by atoms with Gasteiger partial charge < -0.3 is 9.80 Å². The third-order valence-electron chi connectivity index (χ3n) is 5.44. The van der Waals surface area contributed by atoms with Crippen LogP contribution in [0.15, 0.2) is 30.3 Å². The molecule has 0 amide bonds. The van der Waals surface area contributed by atoms with Crippen LogP contribution in [0, 0.1) is 12.7 Å². The highest BCUT2D eigenvalue weighted by atomic mass is 35.5. The fourth-order valence-corrected chi connectivity index (χ4v) is 4.04. The van der Waals surface area contributed by atoms with Crippen LogP contribution >= 0.6 is 11.6 Å². The largest absolute Gasteiger partial charge is 0.369 e. The number of hydrogen-bond acceptors (Lipinski definition) is 2. The minimum atomic E-state index is -1.12. The third kappa shape index (κ3) is 4.27. The van der Waals surface area contributed by atoms with Gasteiger partial charge in [0.25, 0.3) is 0 Å². The Hall–Kier alpha value is -1.65. The van der Waals surface area contributed by atoms with E-state index in [4.69, 9.17) is 11.6 Å². The van der Waals surface area contributed by atoms with Crippen molar-refractivity contribution in [1.29, 1.82) is 0 Å². The average molecular weight is 393 g/mol. The fraction of sp³-hybridized carbons (Fsp3) is 0.455. The van der Waals surface area contributed by atoms with Gasteiger partial charge in [0.15, 0.2) is 0 Å². The van der Waals surface area contributed by atoms with E-state index < -0.39 is 6.17 Å². The van der Waals surface area contributed by atoms with Crippen LogP contribution in [0.4, 0.5) is 14.5 Å². The molecule has 1 aliphatic heterocycles. The molecule has 146 valence electrons. The van der Waals surface area contributed by atoms with Gasteiger partial charge in [0.2, 0.25) is 0 Å². The molecule has 0 saturated carbocycles. The summed E-state index contributed by atoms with van der Waals surface area (Å²) >= 11 is 6.62. The van der Waals surface area contributed by atoms with Crippen molar-refractivity contribution in [2.24, 2.45) is 0 Å². The lowest BCUT2D eigenvalue weighted by Crippen LogP contribution is -2.46. The second-order valence-corrected chi connectivity index (χ2v) is 7.53. The van der Waals surface area contributed by atoms with Crippen LogP contribution in [0.25, 0.3) is 11.1 Å². The minimum absolute atomic E-state index is 0.281. The van der Waals surface area contributed by atoms with Crippen LogP contribution in [0.2, 0.25) is 5.02 Å². The number of rotatable bonds is 5. The minimum Gasteiger partial charge on any atom is -0.369 e. The lowest BCUT2D eigenvalue weighted by atomic mass is 9.95. The quantitative estimate of drug-likeness (QED) is 0.614. The monoisotopic (exact) mass is 392 g/mol. The standard InChI is InChI=1S/C22H27ClF2N2/c1-4-21(25)20-14-17(27-10-8-26(5-2)9-11-27)13-19(22(20)23)18-7-6-16(24)12-15(18)3/h6-7,12-14,21H,4-5,8-11H2,1-3H3/t21-/m0/s1. The van der Waals surface area contributed by atoms with E-state index in [-0.39, 0.29) is 5.82 Å². The first-order valence-electron chi connectivity index (χ1n) is 9.65. The summed E-state index contributed by atoms with van der Waals surface area (Å²) in [6.07, 6.45) is -0.747. The smallest absolute Gasteiger partial charge is 0.126 e. The Morgan fingerprint density at radius 2 is 1.74 bits per heavy atom. The normalized spacial score (nSPS) is 16.6. The fourth-order valence-electron chi connectivity index (χ4n) is 3.71. The van der Waals surface area contributed by atoms with Crippen molar-refractivity contribution < 1.29 is 8.78 Å². The van der Waals surface area contributed by atoms with Crippen LogP contribution in [0.3, 0.4) is 0 Å². The van der Waals surface area contributed by atoms with Gasteiger partial charge in [-0.05, 0) is 55.3 Å². The molecule has 0 radical (unpaired) electrons. The summed E-state index contributed by atoms with van der Waals surface area (Å²) < 4.78 is 28.2. The summed E-state index contributed by atoms with van der Waals surface area (Å²) in [6, 6.07) is 8.56. The SMILES string of the molecule is CC[C@H](F)c1cc(N2CCN(CC)CC2)cc(-c2ccc(F)cc2C)c1Cl. The number of nitrogens with zero attached hydrogens (tertiary/aromatic N) is 2. The maximum Gasteiger partial charge on any atom is 0.126 e. The third-order valence-corrected chi connectivity index (χ3v) is 5.87. The molecule has 1 aliphatic rings. The summed E-state index contributed by atoms with van der Waals surface area (Å²) in [5, 5.41) is 0.426. The number of hydrogen-bond donors (Lipinski definition) is 0. The number of alkyl halides is 1. The summed E-state index contributed by atoms with van der Waals surface area (Å²) in [5.74, 6) is -0.281. The second kappa shape index (κ2) is 8.57. The van der Waals surface area contributed by atoms with Gasteiger partial charge in [-0.15, -0.1) is 0 Å². The number of piperazine rings is 1. The molecular weight excluding hydrogens is 366 g/mol. The molecule has 2 aromatic carbocycles. The Kier molecular flexibility index (Phi) is 6.38. The summed E-state index contributed by atoms with van der Waals surface area (Å²) in [6.45, 7) is 10.7. The number of benzene rings is 2.